The number of nitrogens with two attached hydrogens (primary N) is 1. The Labute approximate surface area is 117 Å². The maximum atomic E-state index is 14.0. The number of hydrazine groups is 1. The minimum absolute atomic E-state index is 0.164. The molecule has 1 unspecified atom stereocenters. The van der Waals surface area contributed by atoms with Crippen LogP contribution in [0.5, 0.6) is 0 Å². The lowest BCUT2D eigenvalue weighted by Gasteiger charge is -2.23. The van der Waals surface area contributed by atoms with E-state index in [9.17, 15) is 4.39 Å². The van der Waals surface area contributed by atoms with Gasteiger partial charge in [0.15, 0.2) is 0 Å². The van der Waals surface area contributed by atoms with Gasteiger partial charge in [-0.15, -0.1) is 0 Å². The second-order valence-corrected chi connectivity index (χ2v) is 5.03. The molecule has 0 saturated heterocycles. The molecule has 1 rings (SSSR count). The summed E-state index contributed by atoms with van der Waals surface area (Å²) >= 11 is 3.20. The number of hydrogen-bond acceptors (Lipinski definition) is 3. The molecule has 1 aromatic carbocycles. The first kappa shape index (κ1) is 15.6. The van der Waals surface area contributed by atoms with E-state index in [0.29, 0.717) is 10.0 Å². The molecule has 0 fully saturated rings. The van der Waals surface area contributed by atoms with Gasteiger partial charge >= 0.3 is 0 Å². The summed E-state index contributed by atoms with van der Waals surface area (Å²) in [6.07, 6.45) is 0.783. The molecule has 102 valence electrons. The standard InChI is InChI=1S/C13H21BrFN3/c1-3-18(4-2)9-8-12(17-16)10-6-5-7-11(14)13(10)15/h5-7,12,17H,3-4,8-9,16H2,1-2H3. The van der Waals surface area contributed by atoms with Gasteiger partial charge in [0.2, 0.25) is 0 Å². The van der Waals surface area contributed by atoms with Gasteiger partial charge in [-0.2, -0.15) is 0 Å². The molecule has 0 bridgehead atoms. The summed E-state index contributed by atoms with van der Waals surface area (Å²) in [5.74, 6) is 5.31. The van der Waals surface area contributed by atoms with E-state index in [2.05, 4.69) is 40.1 Å². The molecular formula is C13H21BrFN3. The zero-order chi connectivity index (χ0) is 13.5. The fourth-order valence-electron chi connectivity index (χ4n) is 1.97. The molecule has 0 amide bonds. The number of rotatable bonds is 7. The number of nitrogens with one attached hydrogen (secondary N) is 1. The van der Waals surface area contributed by atoms with Gasteiger partial charge in [0.25, 0.3) is 0 Å². The molecule has 3 nitrogen and oxygen atoms in total. The lowest BCUT2D eigenvalue weighted by Crippen LogP contribution is -2.33. The number of benzene rings is 1. The molecule has 0 aromatic heterocycles. The summed E-state index contributed by atoms with van der Waals surface area (Å²) in [4.78, 5) is 2.29. The molecule has 0 aliphatic rings. The van der Waals surface area contributed by atoms with E-state index in [4.69, 9.17) is 5.84 Å². The summed E-state index contributed by atoms with van der Waals surface area (Å²) in [5, 5.41) is 0. The lowest BCUT2D eigenvalue weighted by atomic mass is 10.0. The van der Waals surface area contributed by atoms with Crippen LogP contribution < -0.4 is 11.3 Å². The minimum Gasteiger partial charge on any atom is -0.304 e. The Balaban J connectivity index is 2.74. The van der Waals surface area contributed by atoms with E-state index in [1.807, 2.05) is 6.07 Å². The molecule has 0 spiro atoms. The molecule has 1 atom stereocenters. The summed E-state index contributed by atoms with van der Waals surface area (Å²) in [6, 6.07) is 5.12. The molecule has 0 aliphatic heterocycles. The van der Waals surface area contributed by atoms with Crippen LogP contribution in [0.1, 0.15) is 31.9 Å². The van der Waals surface area contributed by atoms with Gasteiger partial charge in [-0.05, 0) is 48.1 Å². The second-order valence-electron chi connectivity index (χ2n) is 4.18. The van der Waals surface area contributed by atoms with Gasteiger partial charge in [0.1, 0.15) is 5.82 Å². The van der Waals surface area contributed by atoms with Crippen molar-refractivity contribution in [3.8, 4) is 0 Å². The van der Waals surface area contributed by atoms with Crippen molar-refractivity contribution in [3.63, 3.8) is 0 Å². The van der Waals surface area contributed by atoms with Crippen molar-refractivity contribution >= 4 is 15.9 Å². The molecular weight excluding hydrogens is 297 g/mol. The lowest BCUT2D eigenvalue weighted by molar-refractivity contribution is 0.281. The second kappa shape index (κ2) is 7.84. The normalized spacial score (nSPS) is 13.0. The topological polar surface area (TPSA) is 41.3 Å². The van der Waals surface area contributed by atoms with E-state index >= 15 is 0 Å². The first-order valence-corrected chi connectivity index (χ1v) is 7.05. The van der Waals surface area contributed by atoms with Crippen LogP contribution in [-0.2, 0) is 0 Å². The molecule has 1 aromatic rings. The van der Waals surface area contributed by atoms with Crippen molar-refractivity contribution in [1.82, 2.24) is 10.3 Å². The van der Waals surface area contributed by atoms with Crippen LogP contribution in [0.25, 0.3) is 0 Å². The minimum atomic E-state index is -0.236. The van der Waals surface area contributed by atoms with Crippen LogP contribution in [0.4, 0.5) is 4.39 Å². The van der Waals surface area contributed by atoms with E-state index < -0.39 is 0 Å². The van der Waals surface area contributed by atoms with Crippen molar-refractivity contribution < 1.29 is 4.39 Å². The van der Waals surface area contributed by atoms with Crippen molar-refractivity contribution in [3.05, 3.63) is 34.1 Å². The van der Waals surface area contributed by atoms with Crippen LogP contribution in [0, 0.1) is 5.82 Å². The van der Waals surface area contributed by atoms with Gasteiger partial charge < -0.3 is 4.90 Å². The summed E-state index contributed by atoms with van der Waals surface area (Å²) in [6.45, 7) is 7.12. The van der Waals surface area contributed by atoms with Gasteiger partial charge in [-0.1, -0.05) is 26.0 Å². The SMILES string of the molecule is CCN(CC)CCC(NN)c1cccc(Br)c1F. The number of halogens is 2. The summed E-state index contributed by atoms with van der Waals surface area (Å²) in [7, 11) is 0. The average molecular weight is 318 g/mol. The number of hydrogen-bond donors (Lipinski definition) is 2. The quantitative estimate of drug-likeness (QED) is 0.600. The van der Waals surface area contributed by atoms with Crippen molar-refractivity contribution in [2.45, 2.75) is 26.3 Å². The van der Waals surface area contributed by atoms with Crippen molar-refractivity contribution in [2.24, 2.45) is 5.84 Å². The maximum Gasteiger partial charge on any atom is 0.142 e. The third-order valence-electron chi connectivity index (χ3n) is 3.19. The van der Waals surface area contributed by atoms with Crippen molar-refractivity contribution in [1.29, 1.82) is 0 Å². The van der Waals surface area contributed by atoms with Crippen LogP contribution in [-0.4, -0.2) is 24.5 Å². The average Bonchev–Trinajstić information content (AvgIpc) is 2.39. The molecule has 0 aliphatic carbocycles. The predicted octanol–water partition coefficient (Wildman–Crippen LogP) is 2.82. The highest BCUT2D eigenvalue weighted by Gasteiger charge is 2.16. The summed E-state index contributed by atoms with van der Waals surface area (Å²) in [5.41, 5.74) is 3.31. The molecule has 18 heavy (non-hydrogen) atoms. The Morgan fingerprint density at radius 3 is 2.61 bits per heavy atom. The Hall–Kier alpha value is -0.490. The Morgan fingerprint density at radius 1 is 1.39 bits per heavy atom. The maximum absolute atomic E-state index is 14.0. The first-order chi connectivity index (χ1) is 8.63. The molecule has 0 radical (unpaired) electrons. The van der Waals surface area contributed by atoms with Crippen LogP contribution in [0.15, 0.2) is 22.7 Å². The van der Waals surface area contributed by atoms with E-state index in [1.165, 1.54) is 0 Å². The smallest absolute Gasteiger partial charge is 0.142 e. The first-order valence-electron chi connectivity index (χ1n) is 6.26. The van der Waals surface area contributed by atoms with Gasteiger partial charge in [-0.3, -0.25) is 11.3 Å². The molecule has 3 N–H and O–H groups in total. The van der Waals surface area contributed by atoms with E-state index in [1.54, 1.807) is 12.1 Å². The monoisotopic (exact) mass is 317 g/mol. The Kier molecular flexibility index (Phi) is 6.78. The zero-order valence-corrected chi connectivity index (χ0v) is 12.5. The number of nitrogens with zero attached hydrogens (tertiary/aromatic N) is 1. The highest BCUT2D eigenvalue weighted by molar-refractivity contribution is 9.10. The summed E-state index contributed by atoms with van der Waals surface area (Å²) < 4.78 is 14.4. The van der Waals surface area contributed by atoms with Crippen LogP contribution in [0.2, 0.25) is 0 Å². The van der Waals surface area contributed by atoms with Gasteiger partial charge in [0.05, 0.1) is 10.5 Å². The van der Waals surface area contributed by atoms with E-state index in [-0.39, 0.29) is 11.9 Å². The largest absolute Gasteiger partial charge is 0.304 e. The fraction of sp³-hybridized carbons (Fsp3) is 0.538. The van der Waals surface area contributed by atoms with Crippen molar-refractivity contribution in [2.75, 3.05) is 19.6 Å². The molecule has 5 heteroatoms. The molecule has 0 heterocycles. The van der Waals surface area contributed by atoms with E-state index in [0.717, 1.165) is 26.1 Å². The van der Waals surface area contributed by atoms with Crippen LogP contribution >= 0.6 is 15.9 Å². The highest BCUT2D eigenvalue weighted by atomic mass is 79.9. The highest BCUT2D eigenvalue weighted by Crippen LogP contribution is 2.25. The fourth-order valence-corrected chi connectivity index (χ4v) is 2.35. The van der Waals surface area contributed by atoms with Gasteiger partial charge in [-0.25, -0.2) is 4.39 Å². The zero-order valence-electron chi connectivity index (χ0n) is 10.9. The Morgan fingerprint density at radius 2 is 2.06 bits per heavy atom. The third kappa shape index (κ3) is 4.02. The third-order valence-corrected chi connectivity index (χ3v) is 3.80. The van der Waals surface area contributed by atoms with Gasteiger partial charge in [0, 0.05) is 5.56 Å². The predicted molar refractivity (Wildman–Crippen MR) is 76.6 cm³/mol. The molecule has 0 saturated carbocycles. The Bertz CT molecular complexity index is 369. The van der Waals surface area contributed by atoms with Crippen LogP contribution in [0.3, 0.4) is 0 Å².